The lowest BCUT2D eigenvalue weighted by atomic mass is 9.65. The second-order valence-corrected chi connectivity index (χ2v) is 5.11. The lowest BCUT2D eigenvalue weighted by Crippen LogP contribution is -2.39. The molecule has 17 heavy (non-hydrogen) atoms. The Hall–Kier alpha value is -1.31. The molecule has 0 atom stereocenters. The van der Waals surface area contributed by atoms with E-state index in [0.717, 1.165) is 32.1 Å². The molecule has 1 saturated carbocycles. The minimum atomic E-state index is -0.181. The zero-order valence-electron chi connectivity index (χ0n) is 10.7. The van der Waals surface area contributed by atoms with Gasteiger partial charge in [-0.15, -0.1) is 0 Å². The van der Waals surface area contributed by atoms with Crippen LogP contribution in [-0.4, -0.2) is 13.1 Å². The minimum absolute atomic E-state index is 0.0177. The molecule has 1 fully saturated rings. The number of carbonyl (C=O) groups is 1. The molecule has 2 heteroatoms. The maximum atomic E-state index is 11.8. The molecule has 0 saturated heterocycles. The van der Waals surface area contributed by atoms with E-state index in [1.165, 1.54) is 18.2 Å². The minimum Gasteiger partial charge on any atom is -0.469 e. The number of aryl methyl sites for hydroxylation is 2. The van der Waals surface area contributed by atoms with Crippen molar-refractivity contribution < 1.29 is 9.53 Å². The van der Waals surface area contributed by atoms with Crippen LogP contribution in [0.25, 0.3) is 0 Å². The molecule has 0 radical (unpaired) electrons. The molecular weight excluding hydrogens is 212 g/mol. The first kappa shape index (κ1) is 12.2. The third-order valence-corrected chi connectivity index (χ3v) is 3.94. The lowest BCUT2D eigenvalue weighted by molar-refractivity contribution is -0.159. The average Bonchev–Trinajstić information content (AvgIpc) is 2.29. The second-order valence-electron chi connectivity index (χ2n) is 5.11. The van der Waals surface area contributed by atoms with Crippen LogP contribution >= 0.6 is 0 Å². The van der Waals surface area contributed by atoms with Gasteiger partial charge in [-0.1, -0.05) is 36.2 Å². The third kappa shape index (κ3) is 2.51. The van der Waals surface area contributed by atoms with E-state index in [9.17, 15) is 4.79 Å². The molecule has 0 aromatic heterocycles. The maximum absolute atomic E-state index is 11.8. The number of esters is 1. The molecule has 0 heterocycles. The molecule has 2 rings (SSSR count). The van der Waals surface area contributed by atoms with Crippen molar-refractivity contribution in [2.75, 3.05) is 7.11 Å². The predicted octanol–water partition coefficient (Wildman–Crippen LogP) is 3.27. The molecule has 0 N–H and O–H groups in total. The Balaban J connectivity index is 1.96. The van der Waals surface area contributed by atoms with Gasteiger partial charge in [0, 0.05) is 0 Å². The van der Waals surface area contributed by atoms with Crippen LogP contribution in [0, 0.1) is 12.3 Å². The summed E-state index contributed by atoms with van der Waals surface area (Å²) in [5.74, 6) is -0.0177. The smallest absolute Gasteiger partial charge is 0.311 e. The van der Waals surface area contributed by atoms with Crippen LogP contribution in [-0.2, 0) is 16.0 Å². The predicted molar refractivity (Wildman–Crippen MR) is 67.8 cm³/mol. The van der Waals surface area contributed by atoms with Gasteiger partial charge in [-0.05, 0) is 38.2 Å². The number of carbonyl (C=O) groups excluding carboxylic acids is 1. The number of benzene rings is 1. The van der Waals surface area contributed by atoms with Crippen molar-refractivity contribution in [3.63, 3.8) is 0 Å². The Bertz CT molecular complexity index is 388. The summed E-state index contributed by atoms with van der Waals surface area (Å²) in [5.41, 5.74) is 2.41. The molecule has 0 amide bonds. The van der Waals surface area contributed by atoms with E-state index in [1.54, 1.807) is 0 Å². The summed E-state index contributed by atoms with van der Waals surface area (Å²) in [6, 6.07) is 8.56. The van der Waals surface area contributed by atoms with Gasteiger partial charge in [0.1, 0.15) is 0 Å². The molecule has 0 bridgehead atoms. The SMILES string of the molecule is COC(=O)C1(CCc2ccc(C)cc2)CCC1. The van der Waals surface area contributed by atoms with Crippen molar-refractivity contribution in [2.45, 2.75) is 39.0 Å². The first-order valence-corrected chi connectivity index (χ1v) is 6.30. The summed E-state index contributed by atoms with van der Waals surface area (Å²) in [6.45, 7) is 2.09. The summed E-state index contributed by atoms with van der Waals surface area (Å²) >= 11 is 0. The van der Waals surface area contributed by atoms with Crippen LogP contribution in [0.5, 0.6) is 0 Å². The van der Waals surface area contributed by atoms with Crippen molar-refractivity contribution in [1.29, 1.82) is 0 Å². The van der Waals surface area contributed by atoms with Crippen LogP contribution in [0.2, 0.25) is 0 Å². The average molecular weight is 232 g/mol. The summed E-state index contributed by atoms with van der Waals surface area (Å²) in [6.07, 6.45) is 5.03. The highest BCUT2D eigenvalue weighted by molar-refractivity contribution is 5.77. The summed E-state index contributed by atoms with van der Waals surface area (Å²) < 4.78 is 4.93. The highest BCUT2D eigenvalue weighted by atomic mass is 16.5. The zero-order chi connectivity index (χ0) is 12.3. The molecule has 1 aliphatic rings. The van der Waals surface area contributed by atoms with Crippen molar-refractivity contribution >= 4 is 5.97 Å². The maximum Gasteiger partial charge on any atom is 0.311 e. The molecule has 0 unspecified atom stereocenters. The molecule has 1 aromatic rings. The van der Waals surface area contributed by atoms with Gasteiger partial charge in [-0.3, -0.25) is 4.79 Å². The summed E-state index contributed by atoms with van der Waals surface area (Å²) in [7, 11) is 1.49. The highest BCUT2D eigenvalue weighted by Crippen LogP contribution is 2.45. The van der Waals surface area contributed by atoms with E-state index in [-0.39, 0.29) is 11.4 Å². The Morgan fingerprint density at radius 2 is 1.94 bits per heavy atom. The topological polar surface area (TPSA) is 26.3 Å². The second kappa shape index (κ2) is 4.91. The van der Waals surface area contributed by atoms with Gasteiger partial charge in [0.05, 0.1) is 12.5 Å². The van der Waals surface area contributed by atoms with E-state index in [4.69, 9.17) is 4.74 Å². The number of hydrogen-bond acceptors (Lipinski definition) is 2. The standard InChI is InChI=1S/C15H20O2/c1-12-4-6-13(7-5-12)8-11-15(9-3-10-15)14(16)17-2/h4-7H,3,8-11H2,1-2H3. The molecular formula is C15H20O2. The highest BCUT2D eigenvalue weighted by Gasteiger charge is 2.44. The Kier molecular flexibility index (Phi) is 3.51. The fourth-order valence-corrected chi connectivity index (χ4v) is 2.51. The number of hydrogen-bond donors (Lipinski definition) is 0. The summed E-state index contributed by atoms with van der Waals surface area (Å²) in [5, 5.41) is 0. The molecule has 1 aliphatic carbocycles. The molecule has 0 spiro atoms. The Morgan fingerprint density at radius 1 is 1.29 bits per heavy atom. The van der Waals surface area contributed by atoms with Gasteiger partial charge < -0.3 is 4.74 Å². The van der Waals surface area contributed by atoms with Crippen molar-refractivity contribution in [2.24, 2.45) is 5.41 Å². The molecule has 2 nitrogen and oxygen atoms in total. The van der Waals surface area contributed by atoms with Crippen LogP contribution in [0.4, 0.5) is 0 Å². The van der Waals surface area contributed by atoms with Crippen LogP contribution in [0.15, 0.2) is 24.3 Å². The van der Waals surface area contributed by atoms with Gasteiger partial charge in [-0.25, -0.2) is 0 Å². The summed E-state index contributed by atoms with van der Waals surface area (Å²) in [4.78, 5) is 11.8. The number of methoxy groups -OCH3 is 1. The van der Waals surface area contributed by atoms with Crippen molar-refractivity contribution in [1.82, 2.24) is 0 Å². The monoisotopic (exact) mass is 232 g/mol. The molecule has 92 valence electrons. The first-order valence-electron chi connectivity index (χ1n) is 6.30. The molecule has 0 aliphatic heterocycles. The normalized spacial score (nSPS) is 17.3. The number of rotatable bonds is 4. The van der Waals surface area contributed by atoms with Crippen LogP contribution in [0.1, 0.15) is 36.8 Å². The van der Waals surface area contributed by atoms with E-state index in [1.807, 2.05) is 0 Å². The largest absolute Gasteiger partial charge is 0.469 e. The van der Waals surface area contributed by atoms with Crippen molar-refractivity contribution in [3.05, 3.63) is 35.4 Å². The Labute approximate surface area is 103 Å². The molecule has 1 aromatic carbocycles. The van der Waals surface area contributed by atoms with E-state index >= 15 is 0 Å². The van der Waals surface area contributed by atoms with Gasteiger partial charge in [0.25, 0.3) is 0 Å². The fourth-order valence-electron chi connectivity index (χ4n) is 2.51. The van der Waals surface area contributed by atoms with Gasteiger partial charge in [0.2, 0.25) is 0 Å². The third-order valence-electron chi connectivity index (χ3n) is 3.94. The lowest BCUT2D eigenvalue weighted by Gasteiger charge is -2.39. The van der Waals surface area contributed by atoms with Gasteiger partial charge in [-0.2, -0.15) is 0 Å². The first-order chi connectivity index (χ1) is 8.16. The van der Waals surface area contributed by atoms with Crippen LogP contribution in [0.3, 0.4) is 0 Å². The van der Waals surface area contributed by atoms with Crippen LogP contribution < -0.4 is 0 Å². The fraction of sp³-hybridized carbons (Fsp3) is 0.533. The van der Waals surface area contributed by atoms with E-state index in [0.29, 0.717) is 0 Å². The quantitative estimate of drug-likeness (QED) is 0.745. The van der Waals surface area contributed by atoms with E-state index in [2.05, 4.69) is 31.2 Å². The van der Waals surface area contributed by atoms with Gasteiger partial charge in [0.15, 0.2) is 0 Å². The van der Waals surface area contributed by atoms with Gasteiger partial charge >= 0.3 is 5.97 Å². The number of ether oxygens (including phenoxy) is 1. The van der Waals surface area contributed by atoms with Crippen molar-refractivity contribution in [3.8, 4) is 0 Å². The Morgan fingerprint density at radius 3 is 2.41 bits per heavy atom. The zero-order valence-corrected chi connectivity index (χ0v) is 10.7. The van der Waals surface area contributed by atoms with E-state index < -0.39 is 0 Å².